The molecule has 0 unspecified atom stereocenters. The maximum absolute atomic E-state index is 12.5. The van der Waals surface area contributed by atoms with Gasteiger partial charge in [0.1, 0.15) is 0 Å². The van der Waals surface area contributed by atoms with Crippen LogP contribution in [0.15, 0.2) is 47.1 Å². The van der Waals surface area contributed by atoms with Crippen molar-refractivity contribution < 1.29 is 9.21 Å². The lowest BCUT2D eigenvalue weighted by Crippen LogP contribution is -2.26. The maximum Gasteiger partial charge on any atom is 0.257 e. The van der Waals surface area contributed by atoms with E-state index in [0.717, 1.165) is 5.56 Å². The van der Waals surface area contributed by atoms with Crippen LogP contribution in [0.3, 0.4) is 0 Å². The number of hydrogen-bond acceptors (Lipinski definition) is 5. The Balaban J connectivity index is 1.64. The minimum atomic E-state index is -0.134. The zero-order valence-electron chi connectivity index (χ0n) is 13.7. The number of benzene rings is 1. The molecule has 3 aromatic rings. The van der Waals surface area contributed by atoms with Gasteiger partial charge in [0.25, 0.3) is 5.91 Å². The highest BCUT2D eigenvalue weighted by atomic mass is 16.4. The van der Waals surface area contributed by atoms with E-state index in [9.17, 15) is 4.79 Å². The molecule has 2 aromatic heterocycles. The van der Waals surface area contributed by atoms with E-state index in [1.807, 2.05) is 37.3 Å². The molecule has 2 heterocycles. The molecule has 0 aliphatic carbocycles. The van der Waals surface area contributed by atoms with Crippen LogP contribution in [-0.4, -0.2) is 37.8 Å². The standard InChI is InChI=1S/C17H19N5O2/c1-3-15-19-20-16(24-15)12-21(2)17(23)14-9-18-22(11-14)10-13-7-5-4-6-8-13/h4-9,11H,3,10,12H2,1-2H3. The molecule has 0 saturated carbocycles. The van der Waals surface area contributed by atoms with Crippen LogP contribution in [0, 0.1) is 0 Å². The van der Waals surface area contributed by atoms with Gasteiger partial charge in [-0.1, -0.05) is 37.3 Å². The van der Waals surface area contributed by atoms with Gasteiger partial charge in [0, 0.05) is 19.7 Å². The van der Waals surface area contributed by atoms with Crippen LogP contribution >= 0.6 is 0 Å². The van der Waals surface area contributed by atoms with E-state index in [-0.39, 0.29) is 12.5 Å². The zero-order chi connectivity index (χ0) is 16.9. The fourth-order valence-electron chi connectivity index (χ4n) is 2.32. The molecule has 0 spiro atoms. The fourth-order valence-corrected chi connectivity index (χ4v) is 2.32. The molecular formula is C17H19N5O2. The summed E-state index contributed by atoms with van der Waals surface area (Å²) in [5, 5.41) is 12.1. The lowest BCUT2D eigenvalue weighted by molar-refractivity contribution is 0.0772. The number of carbonyl (C=O) groups is 1. The van der Waals surface area contributed by atoms with Crippen molar-refractivity contribution in [2.75, 3.05) is 7.05 Å². The summed E-state index contributed by atoms with van der Waals surface area (Å²) in [5.74, 6) is 0.867. The lowest BCUT2D eigenvalue weighted by atomic mass is 10.2. The molecule has 0 radical (unpaired) electrons. The number of aromatic nitrogens is 4. The summed E-state index contributed by atoms with van der Waals surface area (Å²) < 4.78 is 7.19. The number of nitrogens with zero attached hydrogens (tertiary/aromatic N) is 5. The van der Waals surface area contributed by atoms with E-state index in [2.05, 4.69) is 15.3 Å². The third kappa shape index (κ3) is 3.68. The molecular weight excluding hydrogens is 306 g/mol. The first kappa shape index (κ1) is 15.9. The van der Waals surface area contributed by atoms with E-state index in [1.54, 1.807) is 24.1 Å². The molecule has 0 bridgehead atoms. The Kier molecular flexibility index (Phi) is 4.69. The molecule has 0 fully saturated rings. The predicted octanol–water partition coefficient (Wildman–Crippen LogP) is 2.15. The van der Waals surface area contributed by atoms with Crippen molar-refractivity contribution in [3.05, 3.63) is 65.6 Å². The van der Waals surface area contributed by atoms with Crippen molar-refractivity contribution in [3.63, 3.8) is 0 Å². The van der Waals surface area contributed by atoms with Crippen LogP contribution in [0.4, 0.5) is 0 Å². The average molecular weight is 325 g/mol. The van der Waals surface area contributed by atoms with E-state index in [1.165, 1.54) is 4.90 Å². The number of rotatable bonds is 6. The fraction of sp³-hybridized carbons (Fsp3) is 0.294. The lowest BCUT2D eigenvalue weighted by Gasteiger charge is -2.13. The summed E-state index contributed by atoms with van der Waals surface area (Å²) in [6, 6.07) is 9.98. The van der Waals surface area contributed by atoms with E-state index >= 15 is 0 Å². The van der Waals surface area contributed by atoms with Crippen LogP contribution in [-0.2, 0) is 19.5 Å². The molecule has 1 amide bonds. The highest BCUT2D eigenvalue weighted by Gasteiger charge is 2.17. The van der Waals surface area contributed by atoms with Gasteiger partial charge in [-0.25, -0.2) is 0 Å². The Hall–Kier alpha value is -2.96. The molecule has 3 rings (SSSR count). The van der Waals surface area contributed by atoms with Crippen LogP contribution in [0.2, 0.25) is 0 Å². The number of aryl methyl sites for hydroxylation is 1. The monoisotopic (exact) mass is 325 g/mol. The second-order valence-electron chi connectivity index (χ2n) is 5.52. The van der Waals surface area contributed by atoms with Crippen LogP contribution in [0.25, 0.3) is 0 Å². The highest BCUT2D eigenvalue weighted by Crippen LogP contribution is 2.09. The van der Waals surface area contributed by atoms with Gasteiger partial charge < -0.3 is 9.32 Å². The normalized spacial score (nSPS) is 10.8. The van der Waals surface area contributed by atoms with Crippen LogP contribution in [0.1, 0.15) is 34.6 Å². The Morgan fingerprint density at radius 3 is 2.67 bits per heavy atom. The van der Waals surface area contributed by atoms with Gasteiger partial charge in [-0.15, -0.1) is 10.2 Å². The first-order chi connectivity index (χ1) is 11.7. The predicted molar refractivity (Wildman–Crippen MR) is 87.2 cm³/mol. The summed E-state index contributed by atoms with van der Waals surface area (Å²) in [6.45, 7) is 2.84. The molecule has 124 valence electrons. The summed E-state index contributed by atoms with van der Waals surface area (Å²) in [5.41, 5.74) is 1.66. The smallest absolute Gasteiger partial charge is 0.257 e. The third-order valence-electron chi connectivity index (χ3n) is 3.60. The van der Waals surface area contributed by atoms with Gasteiger partial charge in [-0.05, 0) is 5.56 Å². The van der Waals surface area contributed by atoms with Crippen LogP contribution < -0.4 is 0 Å². The molecule has 0 saturated heterocycles. The minimum absolute atomic E-state index is 0.134. The first-order valence-corrected chi connectivity index (χ1v) is 7.79. The van der Waals surface area contributed by atoms with Gasteiger partial charge >= 0.3 is 0 Å². The third-order valence-corrected chi connectivity index (χ3v) is 3.60. The zero-order valence-corrected chi connectivity index (χ0v) is 13.7. The summed E-state index contributed by atoms with van der Waals surface area (Å²) in [7, 11) is 1.70. The molecule has 0 atom stereocenters. The molecule has 0 aliphatic heterocycles. The van der Waals surface area contributed by atoms with Crippen molar-refractivity contribution in [1.82, 2.24) is 24.9 Å². The highest BCUT2D eigenvalue weighted by molar-refractivity contribution is 5.93. The molecule has 7 nitrogen and oxygen atoms in total. The largest absolute Gasteiger partial charge is 0.423 e. The van der Waals surface area contributed by atoms with Gasteiger partial charge in [-0.3, -0.25) is 9.48 Å². The second-order valence-corrected chi connectivity index (χ2v) is 5.52. The maximum atomic E-state index is 12.5. The SMILES string of the molecule is CCc1nnc(CN(C)C(=O)c2cnn(Cc3ccccc3)c2)o1. The van der Waals surface area contributed by atoms with E-state index in [4.69, 9.17) is 4.42 Å². The molecule has 7 heteroatoms. The van der Waals surface area contributed by atoms with Crippen molar-refractivity contribution in [3.8, 4) is 0 Å². The van der Waals surface area contributed by atoms with E-state index < -0.39 is 0 Å². The first-order valence-electron chi connectivity index (χ1n) is 7.79. The number of carbonyl (C=O) groups excluding carboxylic acids is 1. The van der Waals surface area contributed by atoms with Crippen LogP contribution in [0.5, 0.6) is 0 Å². The van der Waals surface area contributed by atoms with Gasteiger partial charge in [0.05, 0.1) is 24.8 Å². The molecule has 0 N–H and O–H groups in total. The molecule has 1 aromatic carbocycles. The topological polar surface area (TPSA) is 77.1 Å². The van der Waals surface area contributed by atoms with Gasteiger partial charge in [0.2, 0.25) is 11.8 Å². The Bertz CT molecular complexity index is 809. The van der Waals surface area contributed by atoms with Crippen molar-refractivity contribution in [1.29, 1.82) is 0 Å². The number of amides is 1. The molecule has 0 aliphatic rings. The Labute approximate surface area is 139 Å². The summed E-state index contributed by atoms with van der Waals surface area (Å²) >= 11 is 0. The minimum Gasteiger partial charge on any atom is -0.423 e. The second kappa shape index (κ2) is 7.08. The number of hydrogen-bond donors (Lipinski definition) is 0. The van der Waals surface area contributed by atoms with Crippen molar-refractivity contribution in [2.45, 2.75) is 26.4 Å². The quantitative estimate of drug-likeness (QED) is 0.694. The molecule has 24 heavy (non-hydrogen) atoms. The Morgan fingerprint density at radius 2 is 1.96 bits per heavy atom. The van der Waals surface area contributed by atoms with Gasteiger partial charge in [-0.2, -0.15) is 5.10 Å². The van der Waals surface area contributed by atoms with E-state index in [0.29, 0.717) is 30.3 Å². The Morgan fingerprint density at radius 1 is 1.21 bits per heavy atom. The summed E-state index contributed by atoms with van der Waals surface area (Å²) in [4.78, 5) is 14.0. The van der Waals surface area contributed by atoms with Gasteiger partial charge in [0.15, 0.2) is 0 Å². The van der Waals surface area contributed by atoms with Crippen molar-refractivity contribution >= 4 is 5.91 Å². The summed E-state index contributed by atoms with van der Waals surface area (Å²) in [6.07, 6.45) is 4.00. The average Bonchev–Trinajstić information content (AvgIpc) is 3.24. The van der Waals surface area contributed by atoms with Crippen molar-refractivity contribution in [2.24, 2.45) is 0 Å².